The molecule has 2 N–H and O–H groups in total. The summed E-state index contributed by atoms with van der Waals surface area (Å²) in [6.45, 7) is 4.12. The number of benzene rings is 2. The minimum atomic E-state index is -4.55. The van der Waals surface area contributed by atoms with Crippen LogP contribution < -0.4 is 10.5 Å². The van der Waals surface area contributed by atoms with Crippen molar-refractivity contribution in [3.63, 3.8) is 0 Å². The fourth-order valence-electron chi connectivity index (χ4n) is 3.43. The van der Waals surface area contributed by atoms with Gasteiger partial charge in [0.1, 0.15) is 6.61 Å². The van der Waals surface area contributed by atoms with E-state index >= 15 is 0 Å². The topological polar surface area (TPSA) is 73.5 Å². The van der Waals surface area contributed by atoms with Crippen LogP contribution in [0.5, 0.6) is 5.88 Å². The number of morpholine rings is 1. The molecule has 4 rings (SSSR count). The van der Waals surface area contributed by atoms with Crippen molar-refractivity contribution in [2.45, 2.75) is 6.18 Å². The number of fused-ring (bicyclic) bond motifs is 1. The normalized spacial score (nSPS) is 15.4. The van der Waals surface area contributed by atoms with E-state index in [1.54, 1.807) is 18.2 Å². The summed E-state index contributed by atoms with van der Waals surface area (Å²) in [5.74, 6) is 0.357. The molecule has 1 aromatic heterocycles. The molecule has 0 spiro atoms. The van der Waals surface area contributed by atoms with Gasteiger partial charge in [0, 0.05) is 19.6 Å². The smallest absolute Gasteiger partial charge is 0.417 e. The van der Waals surface area contributed by atoms with Gasteiger partial charge in [-0.15, -0.1) is 0 Å². The van der Waals surface area contributed by atoms with Crippen molar-refractivity contribution < 1.29 is 22.6 Å². The van der Waals surface area contributed by atoms with Crippen LogP contribution in [0.4, 0.5) is 19.1 Å². The highest BCUT2D eigenvalue weighted by Crippen LogP contribution is 2.38. The number of nitrogens with zero attached hydrogens (tertiary/aromatic N) is 3. The number of nitrogens with two attached hydrogens (primary N) is 1. The van der Waals surface area contributed by atoms with Gasteiger partial charge in [-0.3, -0.25) is 4.90 Å². The molecule has 0 amide bonds. The largest absolute Gasteiger partial charge is 0.476 e. The molecule has 0 saturated carbocycles. The van der Waals surface area contributed by atoms with Crippen LogP contribution in [0.3, 0.4) is 0 Å². The van der Waals surface area contributed by atoms with E-state index in [1.807, 2.05) is 0 Å². The number of nitrogen functional groups attached to an aromatic ring is 1. The summed E-state index contributed by atoms with van der Waals surface area (Å²) in [7, 11) is 0. The maximum Gasteiger partial charge on any atom is 0.417 e. The minimum absolute atomic E-state index is 0.0625. The highest BCUT2D eigenvalue weighted by atomic mass is 35.5. The Kier molecular flexibility index (Phi) is 6.17. The van der Waals surface area contributed by atoms with Gasteiger partial charge < -0.3 is 15.2 Å². The van der Waals surface area contributed by atoms with E-state index in [9.17, 15) is 13.2 Å². The highest BCUT2D eigenvalue weighted by molar-refractivity contribution is 6.31. The number of aromatic nitrogens is 2. The van der Waals surface area contributed by atoms with Crippen LogP contribution >= 0.6 is 11.6 Å². The van der Waals surface area contributed by atoms with Gasteiger partial charge in [0.15, 0.2) is 0 Å². The predicted octanol–water partition coefficient (Wildman–Crippen LogP) is 4.26. The summed E-state index contributed by atoms with van der Waals surface area (Å²) in [6.07, 6.45) is -4.55. The van der Waals surface area contributed by atoms with Crippen molar-refractivity contribution in [1.82, 2.24) is 14.9 Å². The Morgan fingerprint density at radius 2 is 1.77 bits per heavy atom. The van der Waals surface area contributed by atoms with Gasteiger partial charge in [-0.1, -0.05) is 23.7 Å². The van der Waals surface area contributed by atoms with E-state index in [0.717, 1.165) is 19.2 Å². The van der Waals surface area contributed by atoms with E-state index in [1.165, 1.54) is 12.1 Å². The molecule has 2 aromatic carbocycles. The quantitative estimate of drug-likeness (QED) is 0.623. The zero-order valence-electron chi connectivity index (χ0n) is 16.5. The van der Waals surface area contributed by atoms with E-state index in [2.05, 4.69) is 14.9 Å². The molecular formula is C21H20ClF3N4O2. The number of hydrogen-bond acceptors (Lipinski definition) is 6. The Bertz CT molecular complexity index is 1090. The van der Waals surface area contributed by atoms with Gasteiger partial charge in [0.05, 0.1) is 34.7 Å². The van der Waals surface area contributed by atoms with Crippen LogP contribution in [-0.2, 0) is 10.9 Å². The lowest BCUT2D eigenvalue weighted by atomic mass is 10.0. The van der Waals surface area contributed by atoms with Crippen LogP contribution in [0.25, 0.3) is 22.0 Å². The summed E-state index contributed by atoms with van der Waals surface area (Å²) in [6, 6.07) is 8.86. The number of rotatable bonds is 5. The maximum atomic E-state index is 13.2. The molecule has 31 heavy (non-hydrogen) atoms. The van der Waals surface area contributed by atoms with Crippen molar-refractivity contribution in [3.05, 3.63) is 47.0 Å². The summed E-state index contributed by atoms with van der Waals surface area (Å²) >= 11 is 5.74. The van der Waals surface area contributed by atoms with Gasteiger partial charge >= 0.3 is 6.18 Å². The standard InChI is InChI=1S/C21H20ClF3N4O2/c22-17-3-1-14(12-16(17)21(23,24)25)13-2-4-18-15(11-13)19(28-20(26)27-18)31-10-7-29-5-8-30-9-6-29/h1-4,11-12H,5-10H2,(H2,26,27,28). The molecule has 6 nitrogen and oxygen atoms in total. The van der Waals surface area contributed by atoms with E-state index in [0.29, 0.717) is 54.3 Å². The van der Waals surface area contributed by atoms with Crippen molar-refractivity contribution in [1.29, 1.82) is 0 Å². The average molecular weight is 453 g/mol. The number of ether oxygens (including phenoxy) is 2. The average Bonchev–Trinajstić information content (AvgIpc) is 2.74. The third kappa shape index (κ3) is 5.00. The maximum absolute atomic E-state index is 13.2. The molecule has 0 bridgehead atoms. The van der Waals surface area contributed by atoms with Gasteiger partial charge in [0.2, 0.25) is 11.8 Å². The van der Waals surface area contributed by atoms with Crippen LogP contribution in [0.2, 0.25) is 5.02 Å². The summed E-state index contributed by atoms with van der Waals surface area (Å²) < 4.78 is 51.0. The lowest BCUT2D eigenvalue weighted by Gasteiger charge is -2.26. The Morgan fingerprint density at radius 3 is 2.52 bits per heavy atom. The van der Waals surface area contributed by atoms with E-state index in [-0.39, 0.29) is 11.0 Å². The third-order valence-electron chi connectivity index (χ3n) is 5.03. The monoisotopic (exact) mass is 452 g/mol. The second-order valence-corrected chi connectivity index (χ2v) is 7.52. The van der Waals surface area contributed by atoms with Crippen LogP contribution in [0.1, 0.15) is 5.56 Å². The molecule has 0 atom stereocenters. The molecule has 2 heterocycles. The molecule has 1 saturated heterocycles. The molecule has 0 aliphatic carbocycles. The van der Waals surface area contributed by atoms with Gasteiger partial charge in [-0.25, -0.2) is 4.98 Å². The molecule has 3 aromatic rings. The van der Waals surface area contributed by atoms with Gasteiger partial charge in [-0.05, 0) is 35.4 Å². The number of hydrogen-bond donors (Lipinski definition) is 1. The first kappa shape index (κ1) is 21.6. The fourth-order valence-corrected chi connectivity index (χ4v) is 3.65. The van der Waals surface area contributed by atoms with Crippen LogP contribution in [0.15, 0.2) is 36.4 Å². The fraction of sp³-hybridized carbons (Fsp3) is 0.333. The van der Waals surface area contributed by atoms with Crippen molar-refractivity contribution in [2.24, 2.45) is 0 Å². The third-order valence-corrected chi connectivity index (χ3v) is 5.36. The first-order valence-corrected chi connectivity index (χ1v) is 10.1. The Balaban J connectivity index is 1.63. The lowest BCUT2D eigenvalue weighted by Crippen LogP contribution is -2.38. The van der Waals surface area contributed by atoms with Crippen molar-refractivity contribution in [3.8, 4) is 17.0 Å². The molecule has 0 unspecified atom stereocenters. The first-order valence-electron chi connectivity index (χ1n) is 9.68. The molecule has 1 aliphatic rings. The van der Waals surface area contributed by atoms with E-state index in [4.69, 9.17) is 26.8 Å². The number of halogens is 4. The Labute approximate surface area is 181 Å². The molecule has 10 heteroatoms. The van der Waals surface area contributed by atoms with Crippen LogP contribution in [-0.4, -0.2) is 54.3 Å². The number of anilines is 1. The SMILES string of the molecule is Nc1nc(OCCN2CCOCC2)c2cc(-c3ccc(Cl)c(C(F)(F)F)c3)ccc2n1. The summed E-state index contributed by atoms with van der Waals surface area (Å²) in [4.78, 5) is 10.6. The molecule has 0 radical (unpaired) electrons. The summed E-state index contributed by atoms with van der Waals surface area (Å²) in [5.41, 5.74) is 6.39. The number of alkyl halides is 3. The molecule has 1 fully saturated rings. The van der Waals surface area contributed by atoms with Crippen molar-refractivity contribution in [2.75, 3.05) is 45.2 Å². The lowest BCUT2D eigenvalue weighted by molar-refractivity contribution is -0.137. The second kappa shape index (κ2) is 8.86. The van der Waals surface area contributed by atoms with E-state index < -0.39 is 11.7 Å². The van der Waals surface area contributed by atoms with Crippen LogP contribution in [0, 0.1) is 0 Å². The Hall–Kier alpha value is -2.62. The molecular weight excluding hydrogens is 433 g/mol. The highest BCUT2D eigenvalue weighted by Gasteiger charge is 2.33. The molecule has 164 valence electrons. The van der Waals surface area contributed by atoms with Gasteiger partial charge in [-0.2, -0.15) is 18.2 Å². The molecule has 1 aliphatic heterocycles. The minimum Gasteiger partial charge on any atom is -0.476 e. The first-order chi connectivity index (χ1) is 14.8. The van der Waals surface area contributed by atoms with Gasteiger partial charge in [0.25, 0.3) is 0 Å². The zero-order valence-corrected chi connectivity index (χ0v) is 17.2. The summed E-state index contributed by atoms with van der Waals surface area (Å²) in [5, 5.41) is 0.220. The Morgan fingerprint density at radius 1 is 1.06 bits per heavy atom. The van der Waals surface area contributed by atoms with Crippen molar-refractivity contribution >= 4 is 28.5 Å². The predicted molar refractivity (Wildman–Crippen MR) is 112 cm³/mol. The zero-order chi connectivity index (χ0) is 22.0. The second-order valence-electron chi connectivity index (χ2n) is 7.11.